The van der Waals surface area contributed by atoms with Gasteiger partial charge in [-0.3, -0.25) is 9.59 Å². The van der Waals surface area contributed by atoms with Gasteiger partial charge in [-0.1, -0.05) is 38.1 Å². The molecule has 0 fully saturated rings. The predicted octanol–water partition coefficient (Wildman–Crippen LogP) is 3.35. The number of aromatic amines is 1. The SMILES string of the molecule is CC1(C)CC=C(c2ccccc2NC(=O)c2ncc(C(N)=O)[nH]2)CC1. The van der Waals surface area contributed by atoms with E-state index in [4.69, 9.17) is 5.73 Å². The largest absolute Gasteiger partial charge is 0.364 e. The van der Waals surface area contributed by atoms with Gasteiger partial charge in [0.25, 0.3) is 11.8 Å². The quantitative estimate of drug-likeness (QED) is 0.796. The molecule has 130 valence electrons. The molecule has 1 aliphatic carbocycles. The number of hydrogen-bond donors (Lipinski definition) is 3. The number of carbonyl (C=O) groups is 2. The number of nitrogens with two attached hydrogens (primary N) is 1. The van der Waals surface area contributed by atoms with Crippen molar-refractivity contribution in [3.63, 3.8) is 0 Å². The Kier molecular flexibility index (Phi) is 4.44. The minimum Gasteiger partial charge on any atom is -0.364 e. The number of aromatic nitrogens is 2. The van der Waals surface area contributed by atoms with Crippen molar-refractivity contribution in [2.45, 2.75) is 33.1 Å². The minimum absolute atomic E-state index is 0.0577. The van der Waals surface area contributed by atoms with Crippen LogP contribution < -0.4 is 11.1 Å². The van der Waals surface area contributed by atoms with E-state index in [1.165, 1.54) is 11.8 Å². The van der Waals surface area contributed by atoms with Gasteiger partial charge in [-0.05, 0) is 36.3 Å². The fourth-order valence-electron chi connectivity index (χ4n) is 2.94. The van der Waals surface area contributed by atoms with E-state index in [9.17, 15) is 9.59 Å². The Bertz CT molecular complexity index is 849. The molecule has 0 aliphatic heterocycles. The van der Waals surface area contributed by atoms with Crippen LogP contribution in [0.1, 0.15) is 59.8 Å². The highest BCUT2D eigenvalue weighted by atomic mass is 16.2. The fourth-order valence-corrected chi connectivity index (χ4v) is 2.94. The van der Waals surface area contributed by atoms with Crippen molar-refractivity contribution in [2.24, 2.45) is 11.1 Å². The molecule has 4 N–H and O–H groups in total. The number of hydrogen-bond acceptors (Lipinski definition) is 3. The highest BCUT2D eigenvalue weighted by Crippen LogP contribution is 2.39. The number of primary amides is 1. The van der Waals surface area contributed by atoms with Gasteiger partial charge in [0.15, 0.2) is 5.82 Å². The number of para-hydroxylation sites is 1. The standard InChI is InChI=1S/C19H22N4O2/c1-19(2)9-7-12(8-10-19)13-5-3-4-6-14(13)23-18(25)17-21-11-15(22-17)16(20)24/h3-7,11H,8-10H2,1-2H3,(H2,20,24)(H,21,22)(H,23,25). The van der Waals surface area contributed by atoms with Crippen LogP contribution in [0, 0.1) is 5.41 Å². The predicted molar refractivity (Wildman–Crippen MR) is 97.1 cm³/mol. The second-order valence-electron chi connectivity index (χ2n) is 7.11. The van der Waals surface area contributed by atoms with Crippen LogP contribution in [0.3, 0.4) is 0 Å². The van der Waals surface area contributed by atoms with E-state index in [2.05, 4.69) is 35.2 Å². The lowest BCUT2D eigenvalue weighted by Gasteiger charge is -2.29. The Morgan fingerprint density at radius 3 is 2.68 bits per heavy atom. The van der Waals surface area contributed by atoms with Gasteiger partial charge in [-0.25, -0.2) is 4.98 Å². The lowest BCUT2D eigenvalue weighted by Crippen LogP contribution is -2.17. The van der Waals surface area contributed by atoms with Gasteiger partial charge in [0.2, 0.25) is 0 Å². The maximum atomic E-state index is 12.4. The van der Waals surface area contributed by atoms with Crippen molar-refractivity contribution in [1.82, 2.24) is 9.97 Å². The number of imidazole rings is 1. The molecule has 0 atom stereocenters. The molecule has 1 aromatic carbocycles. The highest BCUT2D eigenvalue weighted by Gasteiger charge is 2.23. The molecule has 25 heavy (non-hydrogen) atoms. The van der Waals surface area contributed by atoms with Gasteiger partial charge in [-0.2, -0.15) is 0 Å². The van der Waals surface area contributed by atoms with Gasteiger partial charge >= 0.3 is 0 Å². The molecule has 2 aromatic rings. The van der Waals surface area contributed by atoms with Crippen LogP contribution >= 0.6 is 0 Å². The number of amides is 2. The molecular formula is C19H22N4O2. The summed E-state index contributed by atoms with van der Waals surface area (Å²) in [5, 5.41) is 2.87. The fraction of sp³-hybridized carbons (Fsp3) is 0.316. The van der Waals surface area contributed by atoms with E-state index in [0.29, 0.717) is 5.41 Å². The summed E-state index contributed by atoms with van der Waals surface area (Å²) < 4.78 is 0. The zero-order valence-corrected chi connectivity index (χ0v) is 14.4. The number of carbonyl (C=O) groups excluding carboxylic acids is 2. The van der Waals surface area contributed by atoms with Crippen molar-refractivity contribution in [2.75, 3.05) is 5.32 Å². The third-order valence-electron chi connectivity index (χ3n) is 4.55. The molecule has 0 spiro atoms. The zero-order valence-electron chi connectivity index (χ0n) is 14.4. The third-order valence-corrected chi connectivity index (χ3v) is 4.55. The van der Waals surface area contributed by atoms with Crippen LogP contribution in [0.25, 0.3) is 5.57 Å². The first-order valence-electron chi connectivity index (χ1n) is 8.30. The first-order chi connectivity index (χ1) is 11.9. The molecule has 2 amide bonds. The van der Waals surface area contributed by atoms with Gasteiger partial charge in [0, 0.05) is 11.3 Å². The van der Waals surface area contributed by atoms with Gasteiger partial charge in [-0.15, -0.1) is 0 Å². The van der Waals surface area contributed by atoms with E-state index in [1.54, 1.807) is 0 Å². The number of benzene rings is 1. The number of allylic oxidation sites excluding steroid dienone is 2. The summed E-state index contributed by atoms with van der Waals surface area (Å²) in [6.07, 6.45) is 6.62. The summed E-state index contributed by atoms with van der Waals surface area (Å²) in [4.78, 5) is 30.1. The van der Waals surface area contributed by atoms with Crippen LogP contribution in [-0.4, -0.2) is 21.8 Å². The van der Waals surface area contributed by atoms with E-state index in [-0.39, 0.29) is 11.5 Å². The lowest BCUT2D eigenvalue weighted by atomic mass is 9.77. The topological polar surface area (TPSA) is 101 Å². The molecule has 3 rings (SSSR count). The molecule has 1 aromatic heterocycles. The molecule has 0 saturated heterocycles. The van der Waals surface area contributed by atoms with Crippen LogP contribution in [0.4, 0.5) is 5.69 Å². The average Bonchev–Trinajstić information content (AvgIpc) is 3.06. The number of nitrogens with zero attached hydrogens (tertiary/aromatic N) is 1. The monoisotopic (exact) mass is 338 g/mol. The van der Waals surface area contributed by atoms with Crippen molar-refractivity contribution in [3.8, 4) is 0 Å². The summed E-state index contributed by atoms with van der Waals surface area (Å²) in [6.45, 7) is 4.53. The normalized spacial score (nSPS) is 16.2. The van der Waals surface area contributed by atoms with Crippen LogP contribution in [0.15, 0.2) is 36.5 Å². The first kappa shape index (κ1) is 17.0. The Morgan fingerprint density at radius 2 is 2.04 bits per heavy atom. The molecule has 1 aliphatic rings. The van der Waals surface area contributed by atoms with Crippen LogP contribution in [-0.2, 0) is 0 Å². The van der Waals surface area contributed by atoms with E-state index in [0.717, 1.165) is 30.5 Å². The highest BCUT2D eigenvalue weighted by molar-refractivity contribution is 6.04. The van der Waals surface area contributed by atoms with Gasteiger partial charge in [0.1, 0.15) is 5.69 Å². The maximum Gasteiger partial charge on any atom is 0.291 e. The molecular weight excluding hydrogens is 316 g/mol. The van der Waals surface area contributed by atoms with E-state index >= 15 is 0 Å². The second kappa shape index (κ2) is 6.55. The van der Waals surface area contributed by atoms with E-state index in [1.807, 2.05) is 24.3 Å². The molecule has 0 bridgehead atoms. The molecule has 0 unspecified atom stereocenters. The smallest absolute Gasteiger partial charge is 0.291 e. The Balaban J connectivity index is 1.82. The minimum atomic E-state index is -0.651. The van der Waals surface area contributed by atoms with Gasteiger partial charge in [0.05, 0.1) is 6.20 Å². The summed E-state index contributed by atoms with van der Waals surface area (Å²) in [6, 6.07) is 7.72. The third kappa shape index (κ3) is 3.79. The van der Waals surface area contributed by atoms with Crippen molar-refractivity contribution in [1.29, 1.82) is 0 Å². The first-order valence-corrected chi connectivity index (χ1v) is 8.30. The van der Waals surface area contributed by atoms with Crippen LogP contribution in [0.5, 0.6) is 0 Å². The molecule has 6 nitrogen and oxygen atoms in total. The lowest BCUT2D eigenvalue weighted by molar-refractivity contribution is 0.0996. The summed E-state index contributed by atoms with van der Waals surface area (Å²) in [5.74, 6) is -0.999. The Hall–Kier alpha value is -2.89. The van der Waals surface area contributed by atoms with Crippen molar-refractivity contribution >= 4 is 23.1 Å². The Labute approximate surface area is 146 Å². The molecule has 6 heteroatoms. The number of rotatable bonds is 4. The number of H-pyrrole nitrogens is 1. The summed E-state index contributed by atoms with van der Waals surface area (Å²) in [7, 11) is 0. The summed E-state index contributed by atoms with van der Waals surface area (Å²) in [5.41, 5.74) is 8.60. The number of nitrogens with one attached hydrogen (secondary N) is 2. The second-order valence-corrected chi connectivity index (χ2v) is 7.11. The molecule has 0 saturated carbocycles. The molecule has 1 heterocycles. The maximum absolute atomic E-state index is 12.4. The van der Waals surface area contributed by atoms with Crippen molar-refractivity contribution in [3.05, 3.63) is 53.6 Å². The number of anilines is 1. The van der Waals surface area contributed by atoms with E-state index < -0.39 is 11.8 Å². The zero-order chi connectivity index (χ0) is 18.0. The van der Waals surface area contributed by atoms with Crippen LogP contribution in [0.2, 0.25) is 0 Å². The average molecular weight is 338 g/mol. The summed E-state index contributed by atoms with van der Waals surface area (Å²) >= 11 is 0. The van der Waals surface area contributed by atoms with Crippen molar-refractivity contribution < 1.29 is 9.59 Å². The molecule has 0 radical (unpaired) electrons. The van der Waals surface area contributed by atoms with Gasteiger partial charge < -0.3 is 16.0 Å². The Morgan fingerprint density at radius 1 is 1.28 bits per heavy atom.